The number of aromatic amines is 2. The van der Waals surface area contributed by atoms with E-state index in [1.807, 2.05) is 6.07 Å². The molecule has 0 saturated carbocycles. The van der Waals surface area contributed by atoms with Gasteiger partial charge in [0.1, 0.15) is 0 Å². The minimum atomic E-state index is -0.136. The number of piperidine rings is 1. The van der Waals surface area contributed by atoms with Gasteiger partial charge in [-0.15, -0.1) is 5.10 Å². The average Bonchev–Trinajstić information content (AvgIpc) is 3.16. The molecule has 110 valence electrons. The van der Waals surface area contributed by atoms with Crippen LogP contribution in [0.4, 0.5) is 5.95 Å². The molecule has 2 saturated heterocycles. The molecule has 0 amide bonds. The van der Waals surface area contributed by atoms with Gasteiger partial charge in [0.15, 0.2) is 5.82 Å². The molecular formula is C14H18N6O. The first-order valence-electron chi connectivity index (χ1n) is 7.40. The zero-order chi connectivity index (χ0) is 14.2. The molecule has 4 heterocycles. The normalized spacial score (nSPS) is 25.0. The van der Waals surface area contributed by atoms with Crippen molar-refractivity contribution < 1.29 is 0 Å². The SMILES string of the molecule is O=c1cc(-c2nc(N3CCCC4CNCC43)n[nH]2)cc[nH]1. The zero-order valence-corrected chi connectivity index (χ0v) is 11.7. The monoisotopic (exact) mass is 286 g/mol. The smallest absolute Gasteiger partial charge is 0.248 e. The molecule has 0 spiro atoms. The predicted octanol–water partition coefficient (Wildman–Crippen LogP) is 0.348. The Morgan fingerprint density at radius 3 is 3.19 bits per heavy atom. The Hall–Kier alpha value is -2.15. The number of pyridine rings is 1. The highest BCUT2D eigenvalue weighted by Crippen LogP contribution is 2.29. The summed E-state index contributed by atoms with van der Waals surface area (Å²) in [6.07, 6.45) is 4.08. The van der Waals surface area contributed by atoms with Crippen LogP contribution in [0.25, 0.3) is 11.4 Å². The lowest BCUT2D eigenvalue weighted by Crippen LogP contribution is -2.45. The Balaban J connectivity index is 1.63. The van der Waals surface area contributed by atoms with Crippen LogP contribution in [0.5, 0.6) is 0 Å². The fourth-order valence-electron chi connectivity index (χ4n) is 3.42. The highest BCUT2D eigenvalue weighted by atomic mass is 16.1. The number of hydrogen-bond acceptors (Lipinski definition) is 5. The fraction of sp³-hybridized carbons (Fsp3) is 0.500. The summed E-state index contributed by atoms with van der Waals surface area (Å²) in [7, 11) is 0. The zero-order valence-electron chi connectivity index (χ0n) is 11.7. The van der Waals surface area contributed by atoms with Crippen molar-refractivity contribution in [3.05, 3.63) is 28.7 Å². The van der Waals surface area contributed by atoms with Crippen LogP contribution >= 0.6 is 0 Å². The molecule has 2 atom stereocenters. The van der Waals surface area contributed by atoms with Crippen LogP contribution in [0.2, 0.25) is 0 Å². The average molecular weight is 286 g/mol. The lowest BCUT2D eigenvalue weighted by atomic mass is 9.92. The van der Waals surface area contributed by atoms with Crippen LogP contribution in [0, 0.1) is 5.92 Å². The van der Waals surface area contributed by atoms with Crippen LogP contribution in [-0.4, -0.2) is 45.8 Å². The standard InChI is InChI=1S/C14H18N6O/c21-12-6-9(3-4-16-12)13-17-14(19-18-13)20-5-1-2-10-7-15-8-11(10)20/h3-4,6,10-11,15H,1-2,5,7-8H2,(H,16,21)(H,17,18,19). The molecule has 7 nitrogen and oxygen atoms in total. The van der Waals surface area contributed by atoms with Gasteiger partial charge in [-0.1, -0.05) is 0 Å². The molecule has 4 rings (SSSR count). The van der Waals surface area contributed by atoms with Gasteiger partial charge in [-0.05, 0) is 24.8 Å². The molecule has 3 N–H and O–H groups in total. The van der Waals surface area contributed by atoms with Gasteiger partial charge in [0.2, 0.25) is 11.5 Å². The summed E-state index contributed by atoms with van der Waals surface area (Å²) in [6.45, 7) is 3.08. The van der Waals surface area contributed by atoms with Crippen LogP contribution < -0.4 is 15.8 Å². The van der Waals surface area contributed by atoms with Crippen LogP contribution in [0.3, 0.4) is 0 Å². The van der Waals surface area contributed by atoms with Crippen molar-refractivity contribution in [1.82, 2.24) is 25.5 Å². The Bertz CT molecular complexity index is 693. The van der Waals surface area contributed by atoms with Crippen molar-refractivity contribution in [3.8, 4) is 11.4 Å². The number of rotatable bonds is 2. The summed E-state index contributed by atoms with van der Waals surface area (Å²) in [5.74, 6) is 2.08. The lowest BCUT2D eigenvalue weighted by molar-refractivity contribution is 0.381. The molecule has 2 aromatic rings. The van der Waals surface area contributed by atoms with Crippen LogP contribution in [0.15, 0.2) is 23.1 Å². The number of fused-ring (bicyclic) bond motifs is 1. The van der Waals surface area contributed by atoms with Crippen LogP contribution in [0.1, 0.15) is 12.8 Å². The number of anilines is 1. The van der Waals surface area contributed by atoms with Gasteiger partial charge in [0.05, 0.1) is 0 Å². The lowest BCUT2D eigenvalue weighted by Gasteiger charge is -2.36. The summed E-state index contributed by atoms with van der Waals surface area (Å²) in [6, 6.07) is 3.84. The molecule has 0 radical (unpaired) electrons. The third-order valence-corrected chi connectivity index (χ3v) is 4.46. The van der Waals surface area contributed by atoms with Crippen molar-refractivity contribution in [1.29, 1.82) is 0 Å². The van der Waals surface area contributed by atoms with E-state index in [1.54, 1.807) is 6.20 Å². The molecule has 2 fully saturated rings. The van der Waals surface area contributed by atoms with Crippen molar-refractivity contribution in [2.24, 2.45) is 5.92 Å². The first-order valence-corrected chi connectivity index (χ1v) is 7.40. The van der Waals surface area contributed by atoms with Crippen molar-refractivity contribution in [2.75, 3.05) is 24.5 Å². The number of nitrogens with zero attached hydrogens (tertiary/aromatic N) is 3. The molecule has 2 unspecified atom stereocenters. The second kappa shape index (κ2) is 5.00. The molecule has 0 bridgehead atoms. The van der Waals surface area contributed by atoms with Gasteiger partial charge in [-0.2, -0.15) is 4.98 Å². The number of nitrogens with one attached hydrogen (secondary N) is 3. The maximum Gasteiger partial charge on any atom is 0.248 e. The number of hydrogen-bond donors (Lipinski definition) is 3. The number of H-pyrrole nitrogens is 2. The molecule has 7 heteroatoms. The summed E-state index contributed by atoms with van der Waals surface area (Å²) in [5.41, 5.74) is 0.624. The minimum Gasteiger partial charge on any atom is -0.335 e. The Kier molecular flexibility index (Phi) is 2.99. The van der Waals surface area contributed by atoms with Gasteiger partial charge in [0.25, 0.3) is 0 Å². The van der Waals surface area contributed by atoms with E-state index < -0.39 is 0 Å². The van der Waals surface area contributed by atoms with Crippen LogP contribution in [-0.2, 0) is 0 Å². The van der Waals surface area contributed by atoms with Crippen molar-refractivity contribution in [3.63, 3.8) is 0 Å². The van der Waals surface area contributed by atoms with Crippen molar-refractivity contribution >= 4 is 5.95 Å². The maximum absolute atomic E-state index is 11.4. The van der Waals surface area contributed by atoms with Gasteiger partial charge < -0.3 is 15.2 Å². The predicted molar refractivity (Wildman–Crippen MR) is 79.2 cm³/mol. The van der Waals surface area contributed by atoms with Gasteiger partial charge in [0, 0.05) is 43.5 Å². The van der Waals surface area contributed by atoms with E-state index in [0.29, 0.717) is 17.8 Å². The summed E-state index contributed by atoms with van der Waals surface area (Å²) in [5, 5.41) is 10.8. The second-order valence-electron chi connectivity index (χ2n) is 5.75. The summed E-state index contributed by atoms with van der Waals surface area (Å²) in [4.78, 5) is 20.9. The van der Waals surface area contributed by atoms with Gasteiger partial charge in [-0.25, -0.2) is 0 Å². The van der Waals surface area contributed by atoms with E-state index in [9.17, 15) is 4.79 Å². The first kappa shape index (κ1) is 12.6. The topological polar surface area (TPSA) is 89.7 Å². The highest BCUT2D eigenvalue weighted by Gasteiger charge is 2.36. The van der Waals surface area contributed by atoms with Gasteiger partial charge >= 0.3 is 0 Å². The molecule has 21 heavy (non-hydrogen) atoms. The highest BCUT2D eigenvalue weighted by molar-refractivity contribution is 5.55. The van der Waals surface area contributed by atoms with E-state index in [4.69, 9.17) is 0 Å². The summed E-state index contributed by atoms with van der Waals surface area (Å²) < 4.78 is 0. The van der Waals surface area contributed by atoms with Crippen molar-refractivity contribution in [2.45, 2.75) is 18.9 Å². The van der Waals surface area contributed by atoms with E-state index in [2.05, 4.69) is 30.4 Å². The quantitative estimate of drug-likeness (QED) is 0.741. The molecule has 2 aliphatic heterocycles. The van der Waals surface area contributed by atoms with E-state index in [-0.39, 0.29) is 5.56 Å². The largest absolute Gasteiger partial charge is 0.335 e. The third kappa shape index (κ3) is 2.23. The van der Waals surface area contributed by atoms with Gasteiger partial charge in [-0.3, -0.25) is 9.89 Å². The minimum absolute atomic E-state index is 0.136. The second-order valence-corrected chi connectivity index (χ2v) is 5.75. The maximum atomic E-state index is 11.4. The molecule has 2 aromatic heterocycles. The Labute approximate surface area is 121 Å². The molecule has 2 aliphatic rings. The Morgan fingerprint density at radius 2 is 2.29 bits per heavy atom. The first-order chi connectivity index (χ1) is 10.3. The molecule has 0 aliphatic carbocycles. The Morgan fingerprint density at radius 1 is 1.33 bits per heavy atom. The van der Waals surface area contributed by atoms with E-state index >= 15 is 0 Å². The third-order valence-electron chi connectivity index (χ3n) is 4.46. The fourth-order valence-corrected chi connectivity index (χ4v) is 3.42. The summed E-state index contributed by atoms with van der Waals surface area (Å²) >= 11 is 0. The number of aromatic nitrogens is 4. The van der Waals surface area contributed by atoms with E-state index in [1.165, 1.54) is 18.9 Å². The molecule has 0 aromatic carbocycles. The van der Waals surface area contributed by atoms with E-state index in [0.717, 1.165) is 31.1 Å². The molecular weight excluding hydrogens is 268 g/mol.